The third kappa shape index (κ3) is 12.3. The summed E-state index contributed by atoms with van der Waals surface area (Å²) in [6.45, 7) is 9.08. The van der Waals surface area contributed by atoms with Crippen LogP contribution in [0.25, 0.3) is 0 Å². The van der Waals surface area contributed by atoms with Crippen LogP contribution in [0.4, 0.5) is 10.5 Å². The van der Waals surface area contributed by atoms with Gasteiger partial charge in [-0.15, -0.1) is 0 Å². The van der Waals surface area contributed by atoms with Gasteiger partial charge in [0.2, 0.25) is 0 Å². The van der Waals surface area contributed by atoms with Crippen LogP contribution in [-0.4, -0.2) is 88.9 Å². The molecule has 2 unspecified atom stereocenters. The molecule has 1 fully saturated rings. The van der Waals surface area contributed by atoms with E-state index in [9.17, 15) is 9.59 Å². The Labute approximate surface area is 297 Å². The Morgan fingerprint density at radius 1 is 0.860 bits per heavy atom. The molecule has 0 spiro atoms. The second-order valence-corrected chi connectivity index (χ2v) is 13.4. The lowest BCUT2D eigenvalue weighted by molar-refractivity contribution is -0.126. The number of amides is 2. The highest BCUT2D eigenvalue weighted by atomic mass is 16.6. The highest BCUT2D eigenvalue weighted by Gasteiger charge is 2.36. The third-order valence-electron chi connectivity index (χ3n) is 8.44. The average molecular weight is 691 g/mol. The van der Waals surface area contributed by atoms with Gasteiger partial charge in [0.25, 0.3) is 5.91 Å². The predicted molar refractivity (Wildman–Crippen MR) is 194 cm³/mol. The SMILES string of the molecule is COCCCCN(C(=O)COC1CN(C(=O)OC(C)(C)C)CCC1c1ccc(OCCCOCc2ccccc2OC)cc1)c1ccccc1. The molecule has 0 N–H and O–H groups in total. The van der Waals surface area contributed by atoms with Crippen molar-refractivity contribution in [3.05, 3.63) is 90.0 Å². The van der Waals surface area contributed by atoms with Crippen molar-refractivity contribution in [1.82, 2.24) is 4.90 Å². The molecule has 1 saturated heterocycles. The van der Waals surface area contributed by atoms with Gasteiger partial charge in [-0.05, 0) is 75.9 Å². The first kappa shape index (κ1) is 38.7. The number of nitrogens with zero attached hydrogens (tertiary/aromatic N) is 2. The maximum Gasteiger partial charge on any atom is 0.410 e. The summed E-state index contributed by atoms with van der Waals surface area (Å²) in [5.74, 6) is 1.44. The second-order valence-electron chi connectivity index (χ2n) is 13.4. The van der Waals surface area contributed by atoms with E-state index in [1.165, 1.54) is 0 Å². The summed E-state index contributed by atoms with van der Waals surface area (Å²) in [4.78, 5) is 30.1. The molecule has 2 atom stereocenters. The van der Waals surface area contributed by atoms with Crippen LogP contribution in [0.1, 0.15) is 63.5 Å². The zero-order valence-electron chi connectivity index (χ0n) is 30.3. The molecule has 1 heterocycles. The van der Waals surface area contributed by atoms with Gasteiger partial charge in [0.15, 0.2) is 0 Å². The monoisotopic (exact) mass is 690 g/mol. The fraction of sp³-hybridized carbons (Fsp3) is 0.500. The fourth-order valence-corrected chi connectivity index (χ4v) is 5.90. The Hall–Kier alpha value is -4.12. The van der Waals surface area contributed by atoms with Crippen molar-refractivity contribution < 1.29 is 38.0 Å². The highest BCUT2D eigenvalue weighted by Crippen LogP contribution is 2.32. The number of ether oxygens (including phenoxy) is 6. The molecule has 2 amide bonds. The van der Waals surface area contributed by atoms with Gasteiger partial charge in [0.1, 0.15) is 23.7 Å². The lowest BCUT2D eigenvalue weighted by Crippen LogP contribution is -2.49. The molecule has 50 heavy (non-hydrogen) atoms. The number of piperidine rings is 1. The molecular formula is C40H54N2O8. The Morgan fingerprint density at radius 2 is 1.60 bits per heavy atom. The van der Waals surface area contributed by atoms with Gasteiger partial charge in [-0.25, -0.2) is 4.79 Å². The molecule has 4 rings (SSSR count). The first-order chi connectivity index (χ1) is 24.2. The van der Waals surface area contributed by atoms with E-state index in [0.29, 0.717) is 52.5 Å². The number of hydrogen-bond acceptors (Lipinski definition) is 8. The predicted octanol–water partition coefficient (Wildman–Crippen LogP) is 7.25. The Kier molecular flexibility index (Phi) is 15.4. The lowest BCUT2D eigenvalue weighted by Gasteiger charge is -2.39. The number of hydrogen-bond donors (Lipinski definition) is 0. The van der Waals surface area contributed by atoms with Gasteiger partial charge < -0.3 is 38.2 Å². The minimum atomic E-state index is -0.614. The quantitative estimate of drug-likeness (QED) is 0.129. The summed E-state index contributed by atoms with van der Waals surface area (Å²) in [7, 11) is 3.34. The number of para-hydroxylation sites is 2. The first-order valence-corrected chi connectivity index (χ1v) is 17.5. The molecule has 10 nitrogen and oxygen atoms in total. The van der Waals surface area contributed by atoms with E-state index >= 15 is 0 Å². The van der Waals surface area contributed by atoms with Gasteiger partial charge >= 0.3 is 6.09 Å². The number of carbonyl (C=O) groups excluding carboxylic acids is 2. The van der Waals surface area contributed by atoms with Gasteiger partial charge in [-0.2, -0.15) is 0 Å². The van der Waals surface area contributed by atoms with E-state index in [-0.39, 0.29) is 24.5 Å². The van der Waals surface area contributed by atoms with Crippen LogP contribution >= 0.6 is 0 Å². The minimum absolute atomic E-state index is 0.0224. The van der Waals surface area contributed by atoms with E-state index in [4.69, 9.17) is 28.4 Å². The maximum absolute atomic E-state index is 13.6. The molecule has 272 valence electrons. The number of unbranched alkanes of at least 4 members (excludes halogenated alkanes) is 1. The van der Waals surface area contributed by atoms with Crippen molar-refractivity contribution in [3.63, 3.8) is 0 Å². The molecule has 0 aliphatic carbocycles. The zero-order valence-corrected chi connectivity index (χ0v) is 30.3. The largest absolute Gasteiger partial charge is 0.496 e. The second kappa shape index (κ2) is 19.9. The Balaban J connectivity index is 1.36. The molecule has 3 aromatic carbocycles. The molecule has 0 bridgehead atoms. The third-order valence-corrected chi connectivity index (χ3v) is 8.44. The van der Waals surface area contributed by atoms with Crippen LogP contribution in [0.3, 0.4) is 0 Å². The molecule has 0 radical (unpaired) electrons. The number of likely N-dealkylation sites (tertiary alicyclic amines) is 1. The van der Waals surface area contributed by atoms with Crippen LogP contribution in [-0.2, 0) is 30.3 Å². The number of methoxy groups -OCH3 is 2. The van der Waals surface area contributed by atoms with Gasteiger partial charge in [-0.3, -0.25) is 4.79 Å². The number of carbonyl (C=O) groups is 2. The van der Waals surface area contributed by atoms with Crippen LogP contribution < -0.4 is 14.4 Å². The van der Waals surface area contributed by atoms with Crippen LogP contribution in [0, 0.1) is 0 Å². The van der Waals surface area contributed by atoms with Crippen molar-refractivity contribution in [3.8, 4) is 11.5 Å². The topological polar surface area (TPSA) is 96.0 Å². The molecule has 3 aromatic rings. The molecule has 1 aliphatic rings. The van der Waals surface area contributed by atoms with Gasteiger partial charge in [0.05, 0.1) is 39.6 Å². The van der Waals surface area contributed by atoms with E-state index in [2.05, 4.69) is 0 Å². The van der Waals surface area contributed by atoms with Crippen molar-refractivity contribution in [2.75, 3.05) is 65.2 Å². The number of rotatable bonds is 18. The summed E-state index contributed by atoms with van der Waals surface area (Å²) in [5.41, 5.74) is 2.30. The van der Waals surface area contributed by atoms with Gasteiger partial charge in [-0.1, -0.05) is 48.5 Å². The van der Waals surface area contributed by atoms with Crippen molar-refractivity contribution in [2.24, 2.45) is 0 Å². The summed E-state index contributed by atoms with van der Waals surface area (Å²) in [6.07, 6.45) is 2.28. The molecule has 1 aliphatic heterocycles. The minimum Gasteiger partial charge on any atom is -0.496 e. The standard InChI is InChI=1S/C40H54N2O8/c1-40(2,3)50-39(44)41-24-22-35(37(28-41)49-30-38(43)42(23-11-12-25-45-4)33-15-7-6-8-16-33)31-18-20-34(21-19-31)48-27-13-26-47-29-32-14-9-10-17-36(32)46-5/h6-10,14-21,35,37H,11-13,22-30H2,1-5H3. The molecule has 10 heteroatoms. The molecular weight excluding hydrogens is 636 g/mol. The van der Waals surface area contributed by atoms with E-state index in [1.807, 2.05) is 99.6 Å². The Morgan fingerprint density at radius 3 is 2.32 bits per heavy atom. The van der Waals surface area contributed by atoms with Crippen LogP contribution in [0.15, 0.2) is 78.9 Å². The summed E-state index contributed by atoms with van der Waals surface area (Å²) in [5, 5.41) is 0. The number of benzene rings is 3. The van der Waals surface area contributed by atoms with Crippen LogP contribution in [0.5, 0.6) is 11.5 Å². The summed E-state index contributed by atoms with van der Waals surface area (Å²) in [6, 6.07) is 25.5. The molecule has 0 aromatic heterocycles. The summed E-state index contributed by atoms with van der Waals surface area (Å²) >= 11 is 0. The lowest BCUT2D eigenvalue weighted by atomic mass is 9.87. The number of anilines is 1. The molecule has 0 saturated carbocycles. The van der Waals surface area contributed by atoms with Crippen LogP contribution in [0.2, 0.25) is 0 Å². The highest BCUT2D eigenvalue weighted by molar-refractivity contribution is 5.94. The smallest absolute Gasteiger partial charge is 0.410 e. The Bertz CT molecular complexity index is 1440. The first-order valence-electron chi connectivity index (χ1n) is 17.5. The van der Waals surface area contributed by atoms with E-state index < -0.39 is 11.7 Å². The zero-order chi connectivity index (χ0) is 35.8. The maximum atomic E-state index is 13.6. The average Bonchev–Trinajstić information content (AvgIpc) is 3.12. The fourth-order valence-electron chi connectivity index (χ4n) is 5.90. The van der Waals surface area contributed by atoms with Gasteiger partial charge in [0, 0.05) is 50.4 Å². The van der Waals surface area contributed by atoms with Crippen molar-refractivity contribution >= 4 is 17.7 Å². The normalized spacial score (nSPS) is 16.1. The van der Waals surface area contributed by atoms with E-state index in [0.717, 1.165) is 47.6 Å². The van der Waals surface area contributed by atoms with Crippen molar-refractivity contribution in [2.45, 2.75) is 70.7 Å². The van der Waals surface area contributed by atoms with E-state index in [1.54, 1.807) is 24.0 Å². The summed E-state index contributed by atoms with van der Waals surface area (Å²) < 4.78 is 34.5. The van der Waals surface area contributed by atoms with Crippen molar-refractivity contribution in [1.29, 1.82) is 0 Å².